The number of aromatic nitrogens is 1. The van der Waals surface area contributed by atoms with Gasteiger partial charge in [0, 0.05) is 16.0 Å². The number of benzene rings is 3. The van der Waals surface area contributed by atoms with Crippen molar-refractivity contribution in [2.45, 2.75) is 6.92 Å². The fourth-order valence-corrected chi connectivity index (χ4v) is 3.67. The minimum atomic E-state index is 0.203. The standard InChI is InChI=1S/C21H17N3OS/c1-14-20(16-8-3-2-4-9-16)23-21(26-14)24-22-13-18-17-10-6-5-7-15(17)11-12-19(18)25/h2-13,25H,1H3,(H,23,24)/b22-13-. The van der Waals surface area contributed by atoms with Crippen molar-refractivity contribution in [3.63, 3.8) is 0 Å². The zero-order valence-corrected chi connectivity index (χ0v) is 15.0. The molecule has 128 valence electrons. The van der Waals surface area contributed by atoms with E-state index in [1.807, 2.05) is 67.6 Å². The van der Waals surface area contributed by atoms with E-state index in [1.54, 1.807) is 23.6 Å². The molecule has 4 aromatic rings. The predicted molar refractivity (Wildman–Crippen MR) is 109 cm³/mol. The van der Waals surface area contributed by atoms with Crippen molar-refractivity contribution >= 4 is 33.5 Å². The van der Waals surface area contributed by atoms with Gasteiger partial charge in [-0.15, -0.1) is 11.3 Å². The topological polar surface area (TPSA) is 57.5 Å². The van der Waals surface area contributed by atoms with Gasteiger partial charge in [-0.05, 0) is 23.8 Å². The molecule has 0 unspecified atom stereocenters. The van der Waals surface area contributed by atoms with E-state index in [0.717, 1.165) is 32.0 Å². The maximum atomic E-state index is 10.2. The van der Waals surface area contributed by atoms with E-state index in [-0.39, 0.29) is 5.75 Å². The highest BCUT2D eigenvalue weighted by Crippen LogP contribution is 2.30. The van der Waals surface area contributed by atoms with Crippen LogP contribution in [0.1, 0.15) is 10.4 Å². The summed E-state index contributed by atoms with van der Waals surface area (Å²) in [5.41, 5.74) is 5.72. The highest BCUT2D eigenvalue weighted by atomic mass is 32.1. The van der Waals surface area contributed by atoms with Crippen molar-refractivity contribution < 1.29 is 5.11 Å². The summed E-state index contributed by atoms with van der Waals surface area (Å²) in [6.45, 7) is 2.05. The monoisotopic (exact) mass is 359 g/mol. The van der Waals surface area contributed by atoms with Gasteiger partial charge in [0.25, 0.3) is 0 Å². The van der Waals surface area contributed by atoms with Gasteiger partial charge in [-0.3, -0.25) is 5.43 Å². The Bertz CT molecular complexity index is 1090. The Morgan fingerprint density at radius 2 is 1.77 bits per heavy atom. The molecular weight excluding hydrogens is 342 g/mol. The van der Waals surface area contributed by atoms with Crippen LogP contribution in [-0.4, -0.2) is 16.3 Å². The minimum absolute atomic E-state index is 0.203. The molecule has 4 rings (SSSR count). The van der Waals surface area contributed by atoms with E-state index in [0.29, 0.717) is 5.56 Å². The van der Waals surface area contributed by atoms with Crippen molar-refractivity contribution in [1.82, 2.24) is 4.98 Å². The Kier molecular flexibility index (Phi) is 4.37. The van der Waals surface area contributed by atoms with Crippen LogP contribution in [0.25, 0.3) is 22.0 Å². The molecule has 3 aromatic carbocycles. The number of aromatic hydroxyl groups is 1. The average Bonchev–Trinajstić information content (AvgIpc) is 3.05. The van der Waals surface area contributed by atoms with Crippen LogP contribution in [0.4, 0.5) is 5.13 Å². The summed E-state index contributed by atoms with van der Waals surface area (Å²) in [5, 5.41) is 17.2. The number of hydrogen-bond acceptors (Lipinski definition) is 5. The SMILES string of the molecule is Cc1sc(N/N=C\c2c(O)ccc3ccccc23)nc1-c1ccccc1. The van der Waals surface area contributed by atoms with Gasteiger partial charge >= 0.3 is 0 Å². The Labute approximate surface area is 155 Å². The largest absolute Gasteiger partial charge is 0.507 e. The van der Waals surface area contributed by atoms with Crippen LogP contribution in [0.3, 0.4) is 0 Å². The van der Waals surface area contributed by atoms with Crippen LogP contribution in [0, 0.1) is 6.92 Å². The number of phenolic OH excluding ortho intramolecular Hbond substituents is 1. The molecule has 5 heteroatoms. The maximum absolute atomic E-state index is 10.2. The van der Waals surface area contributed by atoms with Gasteiger partial charge in [0.05, 0.1) is 11.9 Å². The molecule has 0 bridgehead atoms. The fourth-order valence-electron chi connectivity index (χ4n) is 2.88. The van der Waals surface area contributed by atoms with Crippen molar-refractivity contribution in [2.24, 2.45) is 5.10 Å². The summed E-state index contributed by atoms with van der Waals surface area (Å²) in [7, 11) is 0. The Morgan fingerprint density at radius 1 is 1.00 bits per heavy atom. The lowest BCUT2D eigenvalue weighted by molar-refractivity contribution is 0.475. The first-order valence-electron chi connectivity index (χ1n) is 8.25. The number of rotatable bonds is 4. The summed E-state index contributed by atoms with van der Waals surface area (Å²) in [6, 6.07) is 21.6. The molecule has 0 radical (unpaired) electrons. The molecule has 0 saturated heterocycles. The number of fused-ring (bicyclic) bond motifs is 1. The second kappa shape index (κ2) is 6.98. The number of nitrogens with zero attached hydrogens (tertiary/aromatic N) is 2. The average molecular weight is 359 g/mol. The van der Waals surface area contributed by atoms with Crippen molar-refractivity contribution in [3.8, 4) is 17.0 Å². The number of nitrogens with one attached hydrogen (secondary N) is 1. The molecule has 0 saturated carbocycles. The molecule has 2 N–H and O–H groups in total. The number of anilines is 1. The van der Waals surface area contributed by atoms with Gasteiger partial charge < -0.3 is 5.11 Å². The first-order chi connectivity index (χ1) is 12.7. The molecule has 4 nitrogen and oxygen atoms in total. The Hall–Kier alpha value is -3.18. The van der Waals surface area contributed by atoms with Gasteiger partial charge in [-0.2, -0.15) is 5.10 Å². The second-order valence-electron chi connectivity index (χ2n) is 5.88. The second-order valence-corrected chi connectivity index (χ2v) is 7.08. The highest BCUT2D eigenvalue weighted by Gasteiger charge is 2.09. The van der Waals surface area contributed by atoms with Crippen LogP contribution in [-0.2, 0) is 0 Å². The van der Waals surface area contributed by atoms with Crippen molar-refractivity contribution in [3.05, 3.63) is 77.2 Å². The predicted octanol–water partition coefficient (Wildman–Crippen LogP) is 5.42. The first-order valence-corrected chi connectivity index (χ1v) is 9.06. The maximum Gasteiger partial charge on any atom is 0.204 e. The lowest BCUT2D eigenvalue weighted by Gasteiger charge is -2.04. The lowest BCUT2D eigenvalue weighted by Crippen LogP contribution is -1.92. The number of thiazole rings is 1. The molecule has 1 aromatic heterocycles. The van der Waals surface area contributed by atoms with E-state index in [2.05, 4.69) is 15.5 Å². The van der Waals surface area contributed by atoms with Gasteiger partial charge in [0.1, 0.15) is 5.75 Å². The summed E-state index contributed by atoms with van der Waals surface area (Å²) in [6.07, 6.45) is 1.64. The third-order valence-corrected chi connectivity index (χ3v) is 5.02. The summed E-state index contributed by atoms with van der Waals surface area (Å²) in [5.74, 6) is 0.203. The minimum Gasteiger partial charge on any atom is -0.507 e. The molecule has 0 atom stereocenters. The molecule has 0 aliphatic heterocycles. The van der Waals surface area contributed by atoms with Crippen LogP contribution in [0.5, 0.6) is 5.75 Å². The van der Waals surface area contributed by atoms with E-state index in [9.17, 15) is 5.11 Å². The van der Waals surface area contributed by atoms with E-state index in [1.165, 1.54) is 0 Å². The van der Waals surface area contributed by atoms with E-state index >= 15 is 0 Å². The van der Waals surface area contributed by atoms with Crippen LogP contribution in [0.2, 0.25) is 0 Å². The Morgan fingerprint density at radius 3 is 2.62 bits per heavy atom. The molecule has 0 aliphatic carbocycles. The zero-order chi connectivity index (χ0) is 17.9. The fraction of sp³-hybridized carbons (Fsp3) is 0.0476. The molecule has 0 amide bonds. The third kappa shape index (κ3) is 3.17. The normalized spacial score (nSPS) is 11.3. The first kappa shape index (κ1) is 16.3. The third-order valence-electron chi connectivity index (χ3n) is 4.15. The van der Waals surface area contributed by atoms with Gasteiger partial charge in [-0.25, -0.2) is 4.98 Å². The number of phenols is 1. The smallest absolute Gasteiger partial charge is 0.204 e. The number of hydrazone groups is 1. The molecule has 26 heavy (non-hydrogen) atoms. The van der Waals surface area contributed by atoms with Gasteiger partial charge in [-0.1, -0.05) is 60.7 Å². The summed E-state index contributed by atoms with van der Waals surface area (Å²) in [4.78, 5) is 5.75. The van der Waals surface area contributed by atoms with Gasteiger partial charge in [0.15, 0.2) is 0 Å². The van der Waals surface area contributed by atoms with Crippen LogP contribution in [0.15, 0.2) is 71.8 Å². The molecule has 1 heterocycles. The summed E-state index contributed by atoms with van der Waals surface area (Å²) < 4.78 is 0. The van der Waals surface area contributed by atoms with Crippen LogP contribution >= 0.6 is 11.3 Å². The highest BCUT2D eigenvalue weighted by molar-refractivity contribution is 7.15. The van der Waals surface area contributed by atoms with E-state index < -0.39 is 0 Å². The Balaban J connectivity index is 1.60. The molecule has 0 fully saturated rings. The summed E-state index contributed by atoms with van der Waals surface area (Å²) >= 11 is 1.55. The zero-order valence-electron chi connectivity index (χ0n) is 14.2. The number of aryl methyl sites for hydroxylation is 1. The lowest BCUT2D eigenvalue weighted by atomic mass is 10.0. The van der Waals surface area contributed by atoms with Crippen molar-refractivity contribution in [1.29, 1.82) is 0 Å². The molecule has 0 aliphatic rings. The van der Waals surface area contributed by atoms with Crippen molar-refractivity contribution in [2.75, 3.05) is 5.43 Å². The number of hydrogen-bond donors (Lipinski definition) is 2. The molecule has 0 spiro atoms. The molecular formula is C21H17N3OS. The van der Waals surface area contributed by atoms with Gasteiger partial charge in [0.2, 0.25) is 5.13 Å². The van der Waals surface area contributed by atoms with E-state index in [4.69, 9.17) is 0 Å². The van der Waals surface area contributed by atoms with Crippen LogP contribution < -0.4 is 5.43 Å². The quantitative estimate of drug-likeness (QED) is 0.378.